The number of anilines is 1. The van der Waals surface area contributed by atoms with Gasteiger partial charge in [-0.2, -0.15) is 18.3 Å². The Morgan fingerprint density at radius 2 is 2.00 bits per heavy atom. The van der Waals surface area contributed by atoms with E-state index in [4.69, 9.17) is 5.73 Å². The van der Waals surface area contributed by atoms with E-state index < -0.39 is 11.7 Å². The van der Waals surface area contributed by atoms with Crippen LogP contribution < -0.4 is 5.73 Å². The Balaban J connectivity index is 1.60. The molecule has 2 N–H and O–H groups in total. The number of alkyl halides is 3. The smallest absolute Gasteiger partial charge is 0.383 e. The number of nitrogens with two attached hydrogens (primary N) is 1. The van der Waals surface area contributed by atoms with Gasteiger partial charge in [0.15, 0.2) is 0 Å². The van der Waals surface area contributed by atoms with Gasteiger partial charge >= 0.3 is 6.18 Å². The first-order valence-corrected chi connectivity index (χ1v) is 11.1. The van der Waals surface area contributed by atoms with Gasteiger partial charge in [0, 0.05) is 36.1 Å². The zero-order chi connectivity index (χ0) is 25.2. The molecule has 7 nitrogen and oxygen atoms in total. The summed E-state index contributed by atoms with van der Waals surface area (Å²) in [6.07, 6.45) is 0.445. The van der Waals surface area contributed by atoms with E-state index in [9.17, 15) is 18.0 Å². The fourth-order valence-corrected chi connectivity index (χ4v) is 3.76. The number of rotatable bonds is 7. The van der Waals surface area contributed by atoms with Gasteiger partial charge in [-0.15, -0.1) is 0 Å². The van der Waals surface area contributed by atoms with Crippen molar-refractivity contribution in [2.24, 2.45) is 0 Å². The van der Waals surface area contributed by atoms with Crippen molar-refractivity contribution in [2.45, 2.75) is 39.0 Å². The molecule has 35 heavy (non-hydrogen) atoms. The molecule has 182 valence electrons. The molecule has 0 saturated carbocycles. The third kappa shape index (κ3) is 5.59. The van der Waals surface area contributed by atoms with Crippen LogP contribution in [0.1, 0.15) is 46.6 Å². The molecule has 0 aliphatic carbocycles. The number of halogens is 3. The van der Waals surface area contributed by atoms with Gasteiger partial charge in [0.25, 0.3) is 5.91 Å². The van der Waals surface area contributed by atoms with E-state index >= 15 is 0 Å². The summed E-state index contributed by atoms with van der Waals surface area (Å²) in [4.78, 5) is 23.4. The second kappa shape index (κ2) is 9.73. The highest BCUT2D eigenvalue weighted by atomic mass is 19.4. The Labute approximate surface area is 200 Å². The van der Waals surface area contributed by atoms with Crippen LogP contribution in [0.4, 0.5) is 19.0 Å². The highest BCUT2D eigenvalue weighted by Crippen LogP contribution is 2.28. The predicted octanol–water partition coefficient (Wildman–Crippen LogP) is 5.03. The summed E-state index contributed by atoms with van der Waals surface area (Å²) >= 11 is 0. The highest BCUT2D eigenvalue weighted by molar-refractivity contribution is 5.98. The normalized spacial score (nSPS) is 12.6. The second-order valence-electron chi connectivity index (χ2n) is 8.48. The molecule has 0 fully saturated rings. The van der Waals surface area contributed by atoms with E-state index in [1.807, 2.05) is 32.2 Å². The molecule has 3 heterocycles. The minimum Gasteiger partial charge on any atom is -0.383 e. The van der Waals surface area contributed by atoms with Gasteiger partial charge in [0.2, 0.25) is 0 Å². The Morgan fingerprint density at radius 3 is 2.66 bits per heavy atom. The van der Waals surface area contributed by atoms with Crippen LogP contribution in [-0.4, -0.2) is 37.1 Å². The molecule has 1 atom stereocenters. The minimum atomic E-state index is -4.47. The number of amides is 1. The quantitative estimate of drug-likeness (QED) is 0.399. The molecule has 0 bridgehead atoms. The number of hydrogen-bond acceptors (Lipinski definition) is 5. The van der Waals surface area contributed by atoms with Crippen molar-refractivity contribution in [3.05, 3.63) is 83.4 Å². The highest BCUT2D eigenvalue weighted by Gasteiger charge is 2.30. The van der Waals surface area contributed by atoms with Gasteiger partial charge in [0.1, 0.15) is 5.82 Å². The molecule has 3 aromatic heterocycles. The Kier molecular flexibility index (Phi) is 6.72. The average Bonchev–Trinajstić information content (AvgIpc) is 3.36. The first-order valence-electron chi connectivity index (χ1n) is 11.1. The van der Waals surface area contributed by atoms with Gasteiger partial charge < -0.3 is 10.6 Å². The van der Waals surface area contributed by atoms with Crippen molar-refractivity contribution >= 4 is 22.6 Å². The number of benzene rings is 1. The van der Waals surface area contributed by atoms with Crippen LogP contribution in [0, 0.1) is 6.92 Å². The van der Waals surface area contributed by atoms with Crippen LogP contribution in [0.25, 0.3) is 10.9 Å². The molecule has 1 aromatic carbocycles. The summed E-state index contributed by atoms with van der Waals surface area (Å²) in [5.41, 5.74) is 7.35. The summed E-state index contributed by atoms with van der Waals surface area (Å²) in [7, 11) is 0. The van der Waals surface area contributed by atoms with Crippen LogP contribution in [0.5, 0.6) is 0 Å². The summed E-state index contributed by atoms with van der Waals surface area (Å²) < 4.78 is 40.6. The standard InChI is InChI=1S/C25H25F3N6O/c1-16-12-19-13-18(4-7-22(19)32-23(16)29)24(35)33(11-8-17(2)34-10-3-9-31-34)15-21-6-5-20(14-30-21)25(26,27)28/h3-7,9-10,12-14,17H,8,11,15H2,1-2H3,(H2,29,32)/t17-/m0/s1. The van der Waals surface area contributed by atoms with E-state index in [0.717, 1.165) is 23.2 Å². The maximum Gasteiger partial charge on any atom is 0.417 e. The molecular formula is C25H25F3N6O. The number of nitrogen functional groups attached to an aromatic ring is 1. The molecule has 4 aromatic rings. The molecule has 0 unspecified atom stereocenters. The zero-order valence-corrected chi connectivity index (χ0v) is 19.3. The Morgan fingerprint density at radius 1 is 1.20 bits per heavy atom. The lowest BCUT2D eigenvalue weighted by molar-refractivity contribution is -0.137. The first kappa shape index (κ1) is 24.2. The van der Waals surface area contributed by atoms with E-state index in [2.05, 4.69) is 15.1 Å². The lowest BCUT2D eigenvalue weighted by Crippen LogP contribution is -2.33. The number of aryl methyl sites for hydroxylation is 1. The van der Waals surface area contributed by atoms with E-state index in [1.54, 1.807) is 34.0 Å². The van der Waals surface area contributed by atoms with E-state index in [1.165, 1.54) is 6.07 Å². The third-order valence-corrected chi connectivity index (χ3v) is 5.88. The maximum atomic E-state index is 13.5. The molecule has 0 aliphatic rings. The summed E-state index contributed by atoms with van der Waals surface area (Å²) in [5.74, 6) is 0.176. The lowest BCUT2D eigenvalue weighted by atomic mass is 10.1. The van der Waals surface area contributed by atoms with Gasteiger partial charge in [-0.1, -0.05) is 0 Å². The lowest BCUT2D eigenvalue weighted by Gasteiger charge is -2.25. The third-order valence-electron chi connectivity index (χ3n) is 5.88. The largest absolute Gasteiger partial charge is 0.417 e. The average molecular weight is 483 g/mol. The fourth-order valence-electron chi connectivity index (χ4n) is 3.76. The molecular weight excluding hydrogens is 457 g/mol. The van der Waals surface area contributed by atoms with Crippen LogP contribution in [0.2, 0.25) is 0 Å². The number of aromatic nitrogens is 4. The molecule has 4 rings (SSSR count). The van der Waals surface area contributed by atoms with Crippen LogP contribution >= 0.6 is 0 Å². The van der Waals surface area contributed by atoms with Crippen molar-refractivity contribution in [1.29, 1.82) is 0 Å². The fraction of sp³-hybridized carbons (Fsp3) is 0.280. The number of fused-ring (bicyclic) bond motifs is 1. The van der Waals surface area contributed by atoms with Gasteiger partial charge in [-0.3, -0.25) is 14.5 Å². The SMILES string of the molecule is Cc1cc2cc(C(=O)N(CC[C@H](C)n3cccn3)Cc3ccc(C(F)(F)F)cn3)ccc2nc1N. The number of nitrogens with zero attached hydrogens (tertiary/aromatic N) is 5. The summed E-state index contributed by atoms with van der Waals surface area (Å²) in [6.45, 7) is 4.26. The van der Waals surface area contributed by atoms with Gasteiger partial charge in [-0.05, 0) is 68.3 Å². The number of carbonyl (C=O) groups excluding carboxylic acids is 1. The second-order valence-corrected chi connectivity index (χ2v) is 8.48. The predicted molar refractivity (Wildman–Crippen MR) is 126 cm³/mol. The molecule has 0 saturated heterocycles. The molecule has 0 spiro atoms. The van der Waals surface area contributed by atoms with Crippen molar-refractivity contribution in [2.75, 3.05) is 12.3 Å². The number of hydrogen-bond donors (Lipinski definition) is 1. The number of pyridine rings is 2. The Hall–Kier alpha value is -3.95. The maximum absolute atomic E-state index is 13.5. The number of carbonyl (C=O) groups is 1. The summed E-state index contributed by atoms with van der Waals surface area (Å²) in [6, 6.07) is 11.2. The Bertz CT molecular complexity index is 1320. The van der Waals surface area contributed by atoms with Gasteiger partial charge in [0.05, 0.1) is 29.4 Å². The molecule has 0 aliphatic heterocycles. The van der Waals surface area contributed by atoms with Crippen LogP contribution in [0.3, 0.4) is 0 Å². The molecule has 10 heteroatoms. The van der Waals surface area contributed by atoms with Crippen molar-refractivity contribution in [3.8, 4) is 0 Å². The van der Waals surface area contributed by atoms with Crippen molar-refractivity contribution in [3.63, 3.8) is 0 Å². The van der Waals surface area contributed by atoms with E-state index in [-0.39, 0.29) is 18.5 Å². The van der Waals surface area contributed by atoms with Crippen LogP contribution in [-0.2, 0) is 12.7 Å². The monoisotopic (exact) mass is 482 g/mol. The topological polar surface area (TPSA) is 89.9 Å². The van der Waals surface area contributed by atoms with Crippen molar-refractivity contribution in [1.82, 2.24) is 24.6 Å². The molecule has 0 radical (unpaired) electrons. The van der Waals surface area contributed by atoms with Crippen molar-refractivity contribution < 1.29 is 18.0 Å². The summed E-state index contributed by atoms with van der Waals surface area (Å²) in [5, 5.41) is 5.02. The zero-order valence-electron chi connectivity index (χ0n) is 19.3. The van der Waals surface area contributed by atoms with Gasteiger partial charge in [-0.25, -0.2) is 4.98 Å². The van der Waals surface area contributed by atoms with Crippen LogP contribution in [0.15, 0.2) is 61.1 Å². The molecule has 1 amide bonds. The minimum absolute atomic E-state index is 0.0206. The first-order chi connectivity index (χ1) is 16.6. The van der Waals surface area contributed by atoms with E-state index in [0.29, 0.717) is 35.6 Å².